The fourth-order valence-corrected chi connectivity index (χ4v) is 1.64. The lowest BCUT2D eigenvalue weighted by molar-refractivity contribution is 0.0862. The third-order valence-corrected chi connectivity index (χ3v) is 2.59. The number of amides is 1. The molecule has 2 rings (SSSR count). The number of nitrogens with zero attached hydrogens (tertiary/aromatic N) is 1. The number of nitrogens with two attached hydrogens (primary N) is 1. The van der Waals surface area contributed by atoms with Gasteiger partial charge in [0.2, 0.25) is 0 Å². The molecule has 4 N–H and O–H groups in total. The number of hydrogen-bond donors (Lipinski definition) is 3. The highest BCUT2D eigenvalue weighted by atomic mass is 16.5. The van der Waals surface area contributed by atoms with Crippen LogP contribution in [0.1, 0.15) is 23.8 Å². The van der Waals surface area contributed by atoms with Gasteiger partial charge in [-0.15, -0.1) is 0 Å². The van der Waals surface area contributed by atoms with E-state index in [2.05, 4.69) is 15.5 Å². The van der Waals surface area contributed by atoms with Gasteiger partial charge in [-0.1, -0.05) is 0 Å². The Morgan fingerprint density at radius 3 is 3.13 bits per heavy atom. The van der Waals surface area contributed by atoms with E-state index in [4.69, 9.17) is 10.5 Å². The summed E-state index contributed by atoms with van der Waals surface area (Å²) in [7, 11) is 0. The topological polar surface area (TPSA) is 93.0 Å². The number of carbonyl (C=O) groups is 1. The highest BCUT2D eigenvalue weighted by Gasteiger charge is 2.26. The number of aromatic amines is 1. The van der Waals surface area contributed by atoms with Crippen molar-refractivity contribution in [3.63, 3.8) is 0 Å². The molecule has 0 radical (unpaired) electrons. The average molecular weight is 210 g/mol. The van der Waals surface area contributed by atoms with Crippen LogP contribution in [0, 0.1) is 0 Å². The largest absolute Gasteiger partial charge is 0.396 e. The Bertz CT molecular complexity index is 363. The summed E-state index contributed by atoms with van der Waals surface area (Å²) in [5.41, 5.74) is 6.24. The molecule has 15 heavy (non-hydrogen) atoms. The molecule has 0 aromatic carbocycles. The Morgan fingerprint density at radius 2 is 2.60 bits per heavy atom. The number of aromatic nitrogens is 2. The van der Waals surface area contributed by atoms with E-state index in [0.717, 1.165) is 6.42 Å². The molecule has 0 aliphatic carbocycles. The number of nitrogen functional groups attached to an aromatic ring is 1. The van der Waals surface area contributed by atoms with Crippen molar-refractivity contribution in [3.05, 3.63) is 11.9 Å². The zero-order valence-corrected chi connectivity index (χ0v) is 8.49. The first-order valence-corrected chi connectivity index (χ1v) is 4.90. The monoisotopic (exact) mass is 210 g/mol. The normalized spacial score (nSPS) is 25.4. The molecule has 2 atom stereocenters. The van der Waals surface area contributed by atoms with Crippen LogP contribution in [0.2, 0.25) is 0 Å². The van der Waals surface area contributed by atoms with Gasteiger partial charge in [0.25, 0.3) is 5.91 Å². The molecule has 6 nitrogen and oxygen atoms in total. The van der Waals surface area contributed by atoms with Crippen LogP contribution in [0.25, 0.3) is 0 Å². The number of nitrogens with one attached hydrogen (secondary N) is 2. The van der Waals surface area contributed by atoms with E-state index in [9.17, 15) is 4.79 Å². The van der Waals surface area contributed by atoms with E-state index in [1.165, 1.54) is 6.20 Å². The van der Waals surface area contributed by atoms with Crippen molar-refractivity contribution in [3.8, 4) is 0 Å². The minimum atomic E-state index is -0.229. The van der Waals surface area contributed by atoms with Crippen LogP contribution >= 0.6 is 0 Å². The first-order chi connectivity index (χ1) is 7.18. The molecule has 0 spiro atoms. The maximum Gasteiger partial charge on any atom is 0.271 e. The molecule has 1 aromatic rings. The van der Waals surface area contributed by atoms with Gasteiger partial charge in [0.05, 0.1) is 24.0 Å². The van der Waals surface area contributed by atoms with Crippen LogP contribution in [0.3, 0.4) is 0 Å². The van der Waals surface area contributed by atoms with Crippen molar-refractivity contribution >= 4 is 11.6 Å². The van der Waals surface area contributed by atoms with Crippen molar-refractivity contribution in [2.24, 2.45) is 0 Å². The number of carbonyl (C=O) groups excluding carboxylic acids is 1. The third kappa shape index (κ3) is 1.94. The van der Waals surface area contributed by atoms with E-state index in [0.29, 0.717) is 18.0 Å². The lowest BCUT2D eigenvalue weighted by Gasteiger charge is -2.15. The molecule has 1 amide bonds. The van der Waals surface area contributed by atoms with Crippen molar-refractivity contribution in [1.29, 1.82) is 0 Å². The van der Waals surface area contributed by atoms with Crippen molar-refractivity contribution in [2.45, 2.75) is 25.5 Å². The van der Waals surface area contributed by atoms with Crippen molar-refractivity contribution in [1.82, 2.24) is 15.5 Å². The van der Waals surface area contributed by atoms with Crippen LogP contribution in [-0.4, -0.2) is 34.9 Å². The Kier molecular flexibility index (Phi) is 2.59. The van der Waals surface area contributed by atoms with Gasteiger partial charge >= 0.3 is 0 Å². The standard InChI is InChI=1S/C9H14N4O2/c1-5-7(2-3-15-5)12-9(14)8-6(10)4-11-13-8/h4-5,7H,2-3,10H2,1H3,(H,11,13)(H,12,14). The van der Waals surface area contributed by atoms with Gasteiger partial charge in [0, 0.05) is 6.61 Å². The maximum absolute atomic E-state index is 11.7. The van der Waals surface area contributed by atoms with Gasteiger partial charge < -0.3 is 15.8 Å². The van der Waals surface area contributed by atoms with Crippen molar-refractivity contribution < 1.29 is 9.53 Å². The number of ether oxygens (including phenoxy) is 1. The van der Waals surface area contributed by atoms with E-state index in [1.807, 2.05) is 6.92 Å². The van der Waals surface area contributed by atoms with Gasteiger partial charge in [-0.05, 0) is 13.3 Å². The summed E-state index contributed by atoms with van der Waals surface area (Å²) in [6.07, 6.45) is 2.31. The molecule has 1 aromatic heterocycles. The smallest absolute Gasteiger partial charge is 0.271 e. The lowest BCUT2D eigenvalue weighted by Crippen LogP contribution is -2.39. The highest BCUT2D eigenvalue weighted by molar-refractivity contribution is 5.97. The Balaban J connectivity index is 2.01. The van der Waals surface area contributed by atoms with E-state index in [-0.39, 0.29) is 18.1 Å². The van der Waals surface area contributed by atoms with Crippen molar-refractivity contribution in [2.75, 3.05) is 12.3 Å². The quantitative estimate of drug-likeness (QED) is 0.635. The molecule has 0 bridgehead atoms. The summed E-state index contributed by atoms with van der Waals surface area (Å²) in [5.74, 6) is -0.229. The van der Waals surface area contributed by atoms with Gasteiger partial charge in [-0.25, -0.2) is 0 Å². The zero-order valence-electron chi connectivity index (χ0n) is 8.49. The SMILES string of the molecule is CC1OCCC1NC(=O)c1[nH]ncc1N. The fourth-order valence-electron chi connectivity index (χ4n) is 1.64. The minimum absolute atomic E-state index is 0.0538. The van der Waals surface area contributed by atoms with Gasteiger partial charge in [-0.3, -0.25) is 9.89 Å². The van der Waals surface area contributed by atoms with Gasteiger partial charge in [0.15, 0.2) is 0 Å². The third-order valence-electron chi connectivity index (χ3n) is 2.59. The highest BCUT2D eigenvalue weighted by Crippen LogP contribution is 2.14. The fraction of sp³-hybridized carbons (Fsp3) is 0.556. The number of rotatable bonds is 2. The molecule has 1 saturated heterocycles. The zero-order chi connectivity index (χ0) is 10.8. The lowest BCUT2D eigenvalue weighted by atomic mass is 10.1. The summed E-state index contributed by atoms with van der Waals surface area (Å²) in [6.45, 7) is 2.62. The van der Waals surface area contributed by atoms with Gasteiger partial charge in [0.1, 0.15) is 5.69 Å². The summed E-state index contributed by atoms with van der Waals surface area (Å²) >= 11 is 0. The Labute approximate surface area is 87.2 Å². The molecule has 2 heterocycles. The van der Waals surface area contributed by atoms with E-state index >= 15 is 0 Å². The number of anilines is 1. The van der Waals surface area contributed by atoms with Crippen LogP contribution in [0.5, 0.6) is 0 Å². The summed E-state index contributed by atoms with van der Waals surface area (Å²) < 4.78 is 5.34. The molecule has 1 aliphatic rings. The summed E-state index contributed by atoms with van der Waals surface area (Å²) in [5, 5.41) is 9.12. The van der Waals surface area contributed by atoms with Crippen LogP contribution in [0.15, 0.2) is 6.20 Å². The molecule has 82 valence electrons. The van der Waals surface area contributed by atoms with Crippen LogP contribution < -0.4 is 11.1 Å². The molecule has 1 aliphatic heterocycles. The molecule has 2 unspecified atom stereocenters. The van der Waals surface area contributed by atoms with E-state index < -0.39 is 0 Å². The average Bonchev–Trinajstić information content (AvgIpc) is 2.76. The Morgan fingerprint density at radius 1 is 1.80 bits per heavy atom. The molecule has 1 fully saturated rings. The predicted molar refractivity (Wildman–Crippen MR) is 54.3 cm³/mol. The second-order valence-corrected chi connectivity index (χ2v) is 3.64. The molecular weight excluding hydrogens is 196 g/mol. The second-order valence-electron chi connectivity index (χ2n) is 3.64. The number of hydrogen-bond acceptors (Lipinski definition) is 4. The maximum atomic E-state index is 11.7. The summed E-state index contributed by atoms with van der Waals surface area (Å²) in [6, 6.07) is 0.0557. The minimum Gasteiger partial charge on any atom is -0.396 e. The van der Waals surface area contributed by atoms with E-state index in [1.54, 1.807) is 0 Å². The van der Waals surface area contributed by atoms with Crippen LogP contribution in [0.4, 0.5) is 5.69 Å². The molecular formula is C9H14N4O2. The first kappa shape index (κ1) is 9.97. The van der Waals surface area contributed by atoms with Crippen LogP contribution in [-0.2, 0) is 4.74 Å². The Hall–Kier alpha value is -1.56. The summed E-state index contributed by atoms with van der Waals surface area (Å²) in [4.78, 5) is 11.7. The van der Waals surface area contributed by atoms with Gasteiger partial charge in [-0.2, -0.15) is 5.10 Å². The second kappa shape index (κ2) is 3.90. The molecule has 0 saturated carbocycles. The number of H-pyrrole nitrogens is 1. The molecule has 6 heteroatoms. The first-order valence-electron chi connectivity index (χ1n) is 4.90. The predicted octanol–water partition coefficient (Wildman–Crippen LogP) is -0.101.